The van der Waals surface area contributed by atoms with Gasteiger partial charge in [0, 0.05) is 22.4 Å². The van der Waals surface area contributed by atoms with Crippen molar-refractivity contribution < 1.29 is 4.79 Å². The summed E-state index contributed by atoms with van der Waals surface area (Å²) in [5.41, 5.74) is 2.76. The number of aromatic nitrogens is 2. The highest BCUT2D eigenvalue weighted by molar-refractivity contribution is 7.13. The number of thiazole rings is 2. The lowest BCUT2D eigenvalue weighted by Gasteiger charge is -1.98. The lowest BCUT2D eigenvalue weighted by Crippen LogP contribution is -2.20. The Kier molecular flexibility index (Phi) is 4.95. The second-order valence-electron chi connectivity index (χ2n) is 4.85. The standard InChI is InChI=1S/C17H15N3OS2/c1-12-19-14(10-22-12)7-8-16(21)18-9-15-11-23-17(20-15)13-5-3-2-4-6-13/h2-8,10-11H,9H2,1H3,(H,18,21)/b8-7+. The minimum atomic E-state index is -0.148. The number of benzene rings is 1. The summed E-state index contributed by atoms with van der Waals surface area (Å²) in [5.74, 6) is -0.148. The van der Waals surface area contributed by atoms with E-state index < -0.39 is 0 Å². The molecule has 2 heterocycles. The van der Waals surface area contributed by atoms with Crippen LogP contribution in [0.3, 0.4) is 0 Å². The van der Waals surface area contributed by atoms with Crippen LogP contribution in [0.1, 0.15) is 16.4 Å². The molecule has 4 nitrogen and oxygen atoms in total. The van der Waals surface area contributed by atoms with Crippen LogP contribution in [0.15, 0.2) is 47.2 Å². The summed E-state index contributed by atoms with van der Waals surface area (Å²) in [7, 11) is 0. The van der Waals surface area contributed by atoms with Gasteiger partial charge in [-0.2, -0.15) is 0 Å². The van der Waals surface area contributed by atoms with E-state index in [2.05, 4.69) is 15.3 Å². The molecule has 0 fully saturated rings. The highest BCUT2D eigenvalue weighted by atomic mass is 32.1. The second kappa shape index (κ2) is 7.30. The number of nitrogens with one attached hydrogen (secondary N) is 1. The number of amides is 1. The van der Waals surface area contributed by atoms with Gasteiger partial charge in [-0.1, -0.05) is 30.3 Å². The van der Waals surface area contributed by atoms with Crippen molar-refractivity contribution in [2.45, 2.75) is 13.5 Å². The summed E-state index contributed by atoms with van der Waals surface area (Å²) in [6, 6.07) is 10.0. The molecule has 6 heteroatoms. The molecule has 0 saturated heterocycles. The number of carbonyl (C=O) groups excluding carboxylic acids is 1. The summed E-state index contributed by atoms with van der Waals surface area (Å²) < 4.78 is 0. The van der Waals surface area contributed by atoms with Crippen LogP contribution in [0.5, 0.6) is 0 Å². The molecule has 0 spiro atoms. The number of carbonyl (C=O) groups is 1. The van der Waals surface area contributed by atoms with Crippen molar-refractivity contribution >= 4 is 34.7 Å². The summed E-state index contributed by atoms with van der Waals surface area (Å²) in [5, 5.41) is 8.67. The van der Waals surface area contributed by atoms with Gasteiger partial charge in [0.25, 0.3) is 0 Å². The molecule has 1 amide bonds. The van der Waals surface area contributed by atoms with Gasteiger partial charge in [0.2, 0.25) is 5.91 Å². The second-order valence-corrected chi connectivity index (χ2v) is 6.77. The third-order valence-electron chi connectivity index (χ3n) is 3.06. The van der Waals surface area contributed by atoms with Crippen LogP contribution < -0.4 is 5.32 Å². The molecule has 0 aliphatic rings. The predicted molar refractivity (Wildman–Crippen MR) is 95.3 cm³/mol. The number of aryl methyl sites for hydroxylation is 1. The van der Waals surface area contributed by atoms with Crippen molar-refractivity contribution in [3.05, 3.63) is 63.6 Å². The van der Waals surface area contributed by atoms with Crippen LogP contribution >= 0.6 is 22.7 Å². The molecule has 1 aromatic carbocycles. The van der Waals surface area contributed by atoms with Crippen LogP contribution in [0, 0.1) is 6.92 Å². The topological polar surface area (TPSA) is 54.9 Å². The summed E-state index contributed by atoms with van der Waals surface area (Å²) >= 11 is 3.14. The van der Waals surface area contributed by atoms with E-state index in [4.69, 9.17) is 0 Å². The highest BCUT2D eigenvalue weighted by Crippen LogP contribution is 2.23. The Bertz CT molecular complexity index is 821. The molecule has 0 aliphatic carbocycles. The Morgan fingerprint density at radius 3 is 2.74 bits per heavy atom. The molecule has 0 unspecified atom stereocenters. The minimum absolute atomic E-state index is 0.148. The van der Waals surface area contributed by atoms with E-state index in [1.54, 1.807) is 28.7 Å². The molecule has 1 N–H and O–H groups in total. The maximum absolute atomic E-state index is 11.8. The average Bonchev–Trinajstić information content (AvgIpc) is 3.21. The van der Waals surface area contributed by atoms with Gasteiger partial charge < -0.3 is 5.32 Å². The van der Waals surface area contributed by atoms with Gasteiger partial charge in [-0.15, -0.1) is 22.7 Å². The maximum atomic E-state index is 11.8. The minimum Gasteiger partial charge on any atom is -0.347 e. The van der Waals surface area contributed by atoms with Gasteiger partial charge in [-0.25, -0.2) is 9.97 Å². The van der Waals surface area contributed by atoms with Gasteiger partial charge in [-0.05, 0) is 13.0 Å². The fraction of sp³-hybridized carbons (Fsp3) is 0.118. The molecular weight excluding hydrogens is 326 g/mol. The van der Waals surface area contributed by atoms with Gasteiger partial charge in [0.1, 0.15) is 5.01 Å². The Labute approximate surface area is 142 Å². The number of hydrogen-bond donors (Lipinski definition) is 1. The SMILES string of the molecule is Cc1nc(/C=C/C(=O)NCc2csc(-c3ccccc3)n2)cs1. The third kappa shape index (κ3) is 4.34. The Balaban J connectivity index is 1.55. The first-order chi connectivity index (χ1) is 11.2. The molecule has 3 aromatic rings. The number of nitrogens with zero attached hydrogens (tertiary/aromatic N) is 2. The lowest BCUT2D eigenvalue weighted by molar-refractivity contribution is -0.116. The van der Waals surface area contributed by atoms with Crippen LogP contribution in [-0.2, 0) is 11.3 Å². The van der Waals surface area contributed by atoms with E-state index in [-0.39, 0.29) is 5.91 Å². The first-order valence-electron chi connectivity index (χ1n) is 7.08. The van der Waals surface area contributed by atoms with Gasteiger partial charge in [-0.3, -0.25) is 4.79 Å². The Morgan fingerprint density at radius 1 is 1.17 bits per heavy atom. The largest absolute Gasteiger partial charge is 0.347 e. The summed E-state index contributed by atoms with van der Waals surface area (Å²) in [4.78, 5) is 20.6. The van der Waals surface area contributed by atoms with E-state index in [9.17, 15) is 4.79 Å². The number of rotatable bonds is 5. The molecule has 0 atom stereocenters. The fourth-order valence-electron chi connectivity index (χ4n) is 1.96. The average molecular weight is 341 g/mol. The maximum Gasteiger partial charge on any atom is 0.244 e. The Hall–Kier alpha value is -2.31. The highest BCUT2D eigenvalue weighted by Gasteiger charge is 2.05. The molecular formula is C17H15N3OS2. The molecule has 2 aromatic heterocycles. The van der Waals surface area contributed by atoms with E-state index in [1.807, 2.05) is 48.0 Å². The molecule has 3 rings (SSSR count). The fourth-order valence-corrected chi connectivity index (χ4v) is 3.36. The molecule has 0 bridgehead atoms. The van der Waals surface area contributed by atoms with Crippen LogP contribution in [0.2, 0.25) is 0 Å². The first kappa shape index (κ1) is 15.6. The monoisotopic (exact) mass is 341 g/mol. The molecule has 116 valence electrons. The summed E-state index contributed by atoms with van der Waals surface area (Å²) in [6.07, 6.45) is 3.22. The van der Waals surface area contributed by atoms with Gasteiger partial charge in [0.15, 0.2) is 0 Å². The molecule has 23 heavy (non-hydrogen) atoms. The van der Waals surface area contributed by atoms with Crippen LogP contribution in [0.25, 0.3) is 16.6 Å². The van der Waals surface area contributed by atoms with E-state index >= 15 is 0 Å². The van der Waals surface area contributed by atoms with Crippen molar-refractivity contribution in [2.75, 3.05) is 0 Å². The quantitative estimate of drug-likeness (QED) is 0.716. The normalized spacial score (nSPS) is 11.0. The van der Waals surface area contributed by atoms with E-state index in [0.717, 1.165) is 27.0 Å². The smallest absolute Gasteiger partial charge is 0.244 e. The predicted octanol–water partition coefficient (Wildman–Crippen LogP) is 3.90. The zero-order valence-electron chi connectivity index (χ0n) is 12.5. The molecule has 0 saturated carbocycles. The van der Waals surface area contributed by atoms with E-state index in [1.165, 1.54) is 6.08 Å². The van der Waals surface area contributed by atoms with E-state index in [0.29, 0.717) is 6.54 Å². The van der Waals surface area contributed by atoms with Crippen molar-refractivity contribution in [1.29, 1.82) is 0 Å². The summed E-state index contributed by atoms with van der Waals surface area (Å²) in [6.45, 7) is 2.36. The third-order valence-corrected chi connectivity index (χ3v) is 4.79. The van der Waals surface area contributed by atoms with Gasteiger partial charge >= 0.3 is 0 Å². The van der Waals surface area contributed by atoms with Gasteiger partial charge in [0.05, 0.1) is 22.9 Å². The lowest BCUT2D eigenvalue weighted by atomic mass is 10.2. The Morgan fingerprint density at radius 2 is 2.00 bits per heavy atom. The van der Waals surface area contributed by atoms with Crippen LogP contribution in [0.4, 0.5) is 0 Å². The van der Waals surface area contributed by atoms with Crippen molar-refractivity contribution in [1.82, 2.24) is 15.3 Å². The van der Waals surface area contributed by atoms with Crippen molar-refractivity contribution in [2.24, 2.45) is 0 Å². The zero-order chi connectivity index (χ0) is 16.1. The molecule has 0 radical (unpaired) electrons. The molecule has 0 aliphatic heterocycles. The van der Waals surface area contributed by atoms with Crippen LogP contribution in [-0.4, -0.2) is 15.9 Å². The zero-order valence-corrected chi connectivity index (χ0v) is 14.2. The first-order valence-corrected chi connectivity index (χ1v) is 8.84. The van der Waals surface area contributed by atoms with Crippen molar-refractivity contribution in [3.8, 4) is 10.6 Å². The van der Waals surface area contributed by atoms with Crippen molar-refractivity contribution in [3.63, 3.8) is 0 Å². The number of hydrogen-bond acceptors (Lipinski definition) is 5.